The highest BCUT2D eigenvalue weighted by atomic mass is 32.1. The van der Waals surface area contributed by atoms with Gasteiger partial charge in [0.1, 0.15) is 5.75 Å². The number of methoxy groups -OCH3 is 1. The number of nitrogens with zero attached hydrogens (tertiary/aromatic N) is 4. The molecule has 9 heteroatoms. The summed E-state index contributed by atoms with van der Waals surface area (Å²) in [5.74, 6) is 0.523. The molecule has 1 aromatic heterocycles. The van der Waals surface area contributed by atoms with Gasteiger partial charge in [-0.3, -0.25) is 19.8 Å². The number of likely N-dealkylation sites (N-methyl/N-ethyl adjacent to an activating group) is 1. The minimum Gasteiger partial charge on any atom is -0.497 e. The lowest BCUT2D eigenvalue weighted by Gasteiger charge is -2.23. The molecule has 32 heavy (non-hydrogen) atoms. The minimum absolute atomic E-state index is 0.0132. The Labute approximate surface area is 190 Å². The molecule has 0 atom stereocenters. The third-order valence-corrected chi connectivity index (χ3v) is 6.20. The van der Waals surface area contributed by atoms with Crippen molar-refractivity contribution < 1.29 is 14.5 Å². The van der Waals surface area contributed by atoms with Crippen molar-refractivity contribution in [2.24, 2.45) is 0 Å². The Morgan fingerprint density at radius 3 is 2.50 bits per heavy atom. The Kier molecular flexibility index (Phi) is 7.91. The molecule has 168 valence electrons. The SMILES string of the molecule is CCN(CC)CCN(C(=O)C=Cc1ccc([N+](=O)[O-])cc1)c1nc2cc(OC)ccc2s1. The number of hydrogen-bond acceptors (Lipinski definition) is 7. The fourth-order valence-electron chi connectivity index (χ4n) is 3.18. The number of fused-ring (bicyclic) bond motifs is 1. The van der Waals surface area contributed by atoms with Gasteiger partial charge in [-0.25, -0.2) is 4.98 Å². The predicted octanol–water partition coefficient (Wildman–Crippen LogP) is 4.60. The van der Waals surface area contributed by atoms with E-state index in [0.29, 0.717) is 23.0 Å². The molecule has 0 radical (unpaired) electrons. The van der Waals surface area contributed by atoms with Crippen molar-refractivity contribution in [3.05, 3.63) is 64.2 Å². The van der Waals surface area contributed by atoms with Crippen molar-refractivity contribution in [1.82, 2.24) is 9.88 Å². The van der Waals surface area contributed by atoms with Crippen LogP contribution in [0.1, 0.15) is 19.4 Å². The van der Waals surface area contributed by atoms with Crippen LogP contribution in [0.15, 0.2) is 48.5 Å². The second kappa shape index (κ2) is 10.8. The van der Waals surface area contributed by atoms with E-state index in [1.54, 1.807) is 30.2 Å². The Bertz CT molecular complexity index is 1110. The van der Waals surface area contributed by atoms with Crippen molar-refractivity contribution in [1.29, 1.82) is 0 Å². The van der Waals surface area contributed by atoms with Crippen LogP contribution >= 0.6 is 11.3 Å². The molecule has 0 N–H and O–H groups in total. The van der Waals surface area contributed by atoms with Gasteiger partial charge in [0.25, 0.3) is 11.6 Å². The van der Waals surface area contributed by atoms with Gasteiger partial charge in [0, 0.05) is 37.4 Å². The van der Waals surface area contributed by atoms with Crippen LogP contribution in [-0.2, 0) is 4.79 Å². The van der Waals surface area contributed by atoms with Gasteiger partial charge in [-0.15, -0.1) is 0 Å². The lowest BCUT2D eigenvalue weighted by molar-refractivity contribution is -0.384. The minimum atomic E-state index is -0.449. The van der Waals surface area contributed by atoms with E-state index in [1.165, 1.54) is 29.5 Å². The summed E-state index contributed by atoms with van der Waals surface area (Å²) in [6, 6.07) is 11.7. The van der Waals surface area contributed by atoms with Crippen LogP contribution in [0, 0.1) is 10.1 Å². The van der Waals surface area contributed by atoms with E-state index in [0.717, 1.165) is 29.9 Å². The van der Waals surface area contributed by atoms with Crippen LogP contribution in [0.4, 0.5) is 10.8 Å². The average molecular weight is 455 g/mol. The van der Waals surface area contributed by atoms with E-state index in [9.17, 15) is 14.9 Å². The summed E-state index contributed by atoms with van der Waals surface area (Å²) < 4.78 is 6.26. The molecule has 1 heterocycles. The number of nitro groups is 1. The summed E-state index contributed by atoms with van der Waals surface area (Å²) in [7, 11) is 1.61. The highest BCUT2D eigenvalue weighted by Crippen LogP contribution is 2.31. The lowest BCUT2D eigenvalue weighted by Crippen LogP contribution is -2.38. The van der Waals surface area contributed by atoms with Crippen LogP contribution in [0.3, 0.4) is 0 Å². The molecule has 0 aliphatic heterocycles. The fraction of sp³-hybridized carbons (Fsp3) is 0.304. The maximum atomic E-state index is 13.1. The summed E-state index contributed by atoms with van der Waals surface area (Å²) in [6.07, 6.45) is 3.14. The summed E-state index contributed by atoms with van der Waals surface area (Å²) >= 11 is 1.46. The van der Waals surface area contributed by atoms with Crippen LogP contribution in [0.2, 0.25) is 0 Å². The highest BCUT2D eigenvalue weighted by molar-refractivity contribution is 7.22. The summed E-state index contributed by atoms with van der Waals surface area (Å²) in [5.41, 5.74) is 1.50. The monoisotopic (exact) mass is 454 g/mol. The van der Waals surface area contributed by atoms with E-state index in [2.05, 4.69) is 23.7 Å². The second-order valence-corrected chi connectivity index (χ2v) is 8.04. The van der Waals surface area contributed by atoms with Crippen LogP contribution in [0.25, 0.3) is 16.3 Å². The van der Waals surface area contributed by atoms with E-state index in [1.807, 2.05) is 18.2 Å². The fourth-order valence-corrected chi connectivity index (χ4v) is 4.16. The Balaban J connectivity index is 1.85. The number of ether oxygens (including phenoxy) is 1. The normalized spacial score (nSPS) is 11.4. The van der Waals surface area contributed by atoms with Gasteiger partial charge in [-0.05, 0) is 49.0 Å². The first-order valence-electron chi connectivity index (χ1n) is 10.4. The molecule has 0 aliphatic rings. The molecule has 0 bridgehead atoms. The number of benzene rings is 2. The smallest absolute Gasteiger partial charge is 0.269 e. The maximum Gasteiger partial charge on any atom is 0.269 e. The molecule has 3 aromatic rings. The maximum absolute atomic E-state index is 13.1. The van der Waals surface area contributed by atoms with Crippen molar-refractivity contribution in [2.45, 2.75) is 13.8 Å². The van der Waals surface area contributed by atoms with E-state index < -0.39 is 4.92 Å². The summed E-state index contributed by atoms with van der Waals surface area (Å²) in [5, 5.41) is 11.4. The number of amides is 1. The zero-order chi connectivity index (χ0) is 23.1. The third-order valence-electron chi connectivity index (χ3n) is 5.14. The molecule has 0 aliphatic carbocycles. The molecule has 3 rings (SSSR count). The number of aromatic nitrogens is 1. The molecule has 0 fully saturated rings. The van der Waals surface area contributed by atoms with Gasteiger partial charge in [0.05, 0.1) is 22.2 Å². The highest BCUT2D eigenvalue weighted by Gasteiger charge is 2.19. The molecule has 0 unspecified atom stereocenters. The molecule has 0 spiro atoms. The Hall–Kier alpha value is -3.30. The van der Waals surface area contributed by atoms with Gasteiger partial charge in [0.15, 0.2) is 5.13 Å². The van der Waals surface area contributed by atoms with Gasteiger partial charge in [0.2, 0.25) is 0 Å². The van der Waals surface area contributed by atoms with Crippen molar-refractivity contribution >= 4 is 44.4 Å². The summed E-state index contributed by atoms with van der Waals surface area (Å²) in [4.78, 5) is 32.1. The molecule has 8 nitrogen and oxygen atoms in total. The number of thiazole rings is 1. The zero-order valence-corrected chi connectivity index (χ0v) is 19.2. The van der Waals surface area contributed by atoms with Crippen LogP contribution < -0.4 is 9.64 Å². The predicted molar refractivity (Wildman–Crippen MR) is 128 cm³/mol. The standard InChI is InChI=1S/C23H26N4O4S/c1-4-25(5-2)14-15-26(23-24-20-16-19(31-3)11-12-21(20)32-23)22(28)13-8-17-6-9-18(10-7-17)27(29)30/h6-13,16H,4-5,14-15H2,1-3H3. The first-order valence-corrected chi connectivity index (χ1v) is 11.2. The molecule has 2 aromatic carbocycles. The van der Waals surface area contributed by atoms with Crippen LogP contribution in [0.5, 0.6) is 5.75 Å². The van der Waals surface area contributed by atoms with Gasteiger partial charge in [-0.2, -0.15) is 0 Å². The molecule has 1 amide bonds. The number of carbonyl (C=O) groups excluding carboxylic acids is 1. The van der Waals surface area contributed by atoms with Crippen molar-refractivity contribution in [3.8, 4) is 5.75 Å². The number of non-ortho nitro benzene ring substituents is 1. The number of hydrogen-bond donors (Lipinski definition) is 0. The number of nitro benzene ring substituents is 1. The zero-order valence-electron chi connectivity index (χ0n) is 18.4. The number of anilines is 1. The van der Waals surface area contributed by atoms with Crippen molar-refractivity contribution in [3.63, 3.8) is 0 Å². The topological polar surface area (TPSA) is 88.8 Å². The Morgan fingerprint density at radius 2 is 1.88 bits per heavy atom. The van der Waals surface area contributed by atoms with Gasteiger partial charge in [-0.1, -0.05) is 25.2 Å². The number of rotatable bonds is 10. The van der Waals surface area contributed by atoms with E-state index in [4.69, 9.17) is 4.74 Å². The molecule has 0 saturated carbocycles. The van der Waals surface area contributed by atoms with Gasteiger partial charge >= 0.3 is 0 Å². The third kappa shape index (κ3) is 5.68. The van der Waals surface area contributed by atoms with E-state index >= 15 is 0 Å². The van der Waals surface area contributed by atoms with Gasteiger partial charge < -0.3 is 9.64 Å². The lowest BCUT2D eigenvalue weighted by atomic mass is 10.2. The summed E-state index contributed by atoms with van der Waals surface area (Å²) in [6.45, 7) is 7.20. The average Bonchev–Trinajstić information content (AvgIpc) is 3.23. The first-order chi connectivity index (χ1) is 15.4. The largest absolute Gasteiger partial charge is 0.497 e. The second-order valence-electron chi connectivity index (χ2n) is 7.03. The van der Waals surface area contributed by atoms with Crippen LogP contribution in [-0.4, -0.2) is 54.0 Å². The van der Waals surface area contributed by atoms with E-state index in [-0.39, 0.29) is 11.6 Å². The first kappa shape index (κ1) is 23.4. The molecular weight excluding hydrogens is 428 g/mol. The number of carbonyl (C=O) groups is 1. The molecular formula is C23H26N4O4S. The quantitative estimate of drug-likeness (QED) is 0.253. The Morgan fingerprint density at radius 1 is 1.16 bits per heavy atom. The molecule has 0 saturated heterocycles. The van der Waals surface area contributed by atoms with Crippen molar-refractivity contribution in [2.75, 3.05) is 38.2 Å².